The molecule has 20 heavy (non-hydrogen) atoms. The van der Waals surface area contributed by atoms with Crippen LogP contribution in [0.5, 0.6) is 0 Å². The van der Waals surface area contributed by atoms with Crippen molar-refractivity contribution in [1.29, 1.82) is 0 Å². The maximum absolute atomic E-state index is 13.4. The van der Waals surface area contributed by atoms with Crippen LogP contribution in [0.3, 0.4) is 0 Å². The topological polar surface area (TPSA) is 20.3 Å². The lowest BCUT2D eigenvalue weighted by molar-refractivity contribution is 0.0824. The Bertz CT molecular complexity index is 644. The van der Waals surface area contributed by atoms with E-state index in [4.69, 9.17) is 0 Å². The monoisotopic (exact) mass is 293 g/mol. The van der Waals surface area contributed by atoms with Crippen molar-refractivity contribution in [2.75, 3.05) is 14.1 Å². The Labute approximate surface area is 120 Å². The number of amides is 1. The second-order valence-electron chi connectivity index (χ2n) is 4.40. The summed E-state index contributed by atoms with van der Waals surface area (Å²) in [6.07, 6.45) is 0. The maximum atomic E-state index is 13.4. The van der Waals surface area contributed by atoms with Crippen LogP contribution in [0.2, 0.25) is 0 Å². The smallest absolute Gasteiger partial charge is 0.254 e. The molecule has 0 atom stereocenters. The predicted molar refractivity (Wildman–Crippen MR) is 74.9 cm³/mol. The molecule has 0 saturated heterocycles. The first-order valence-corrected chi connectivity index (χ1v) is 6.73. The van der Waals surface area contributed by atoms with Crippen LogP contribution in [-0.2, 0) is 0 Å². The third-order valence-electron chi connectivity index (χ3n) is 2.60. The summed E-state index contributed by atoms with van der Waals surface area (Å²) in [5, 5.41) is 0. The minimum absolute atomic E-state index is 0.219. The van der Waals surface area contributed by atoms with Gasteiger partial charge in [-0.25, -0.2) is 8.78 Å². The van der Waals surface area contributed by atoms with E-state index in [-0.39, 0.29) is 11.7 Å². The lowest BCUT2D eigenvalue weighted by Crippen LogP contribution is -2.22. The van der Waals surface area contributed by atoms with Crippen molar-refractivity contribution in [2.24, 2.45) is 0 Å². The van der Waals surface area contributed by atoms with Gasteiger partial charge in [-0.1, -0.05) is 17.8 Å². The molecule has 0 bridgehead atoms. The molecule has 0 N–H and O–H groups in total. The average molecular weight is 293 g/mol. The summed E-state index contributed by atoms with van der Waals surface area (Å²) < 4.78 is 26.6. The van der Waals surface area contributed by atoms with Crippen molar-refractivity contribution >= 4 is 17.7 Å². The normalized spacial score (nSPS) is 10.4. The lowest BCUT2D eigenvalue weighted by Gasteiger charge is -2.14. The Balaban J connectivity index is 2.39. The summed E-state index contributed by atoms with van der Waals surface area (Å²) in [4.78, 5) is 14.6. The fourth-order valence-electron chi connectivity index (χ4n) is 1.66. The summed E-state index contributed by atoms with van der Waals surface area (Å²) in [6, 6.07) is 9.94. The van der Waals surface area contributed by atoms with Gasteiger partial charge in [0, 0.05) is 23.9 Å². The minimum atomic E-state index is -0.431. The van der Waals surface area contributed by atoms with E-state index in [1.807, 2.05) is 0 Å². The number of carbonyl (C=O) groups is 1. The Morgan fingerprint density at radius 2 is 1.75 bits per heavy atom. The van der Waals surface area contributed by atoms with Crippen molar-refractivity contribution < 1.29 is 13.6 Å². The number of hydrogen-bond acceptors (Lipinski definition) is 2. The molecular formula is C15H13F2NOS. The fraction of sp³-hybridized carbons (Fsp3) is 0.133. The highest BCUT2D eigenvalue weighted by molar-refractivity contribution is 7.99. The summed E-state index contributed by atoms with van der Waals surface area (Å²) in [5.41, 5.74) is 0.394. The quantitative estimate of drug-likeness (QED) is 0.857. The molecule has 0 aliphatic rings. The van der Waals surface area contributed by atoms with Crippen LogP contribution < -0.4 is 0 Å². The molecule has 2 aromatic rings. The molecule has 1 amide bonds. The van der Waals surface area contributed by atoms with Gasteiger partial charge in [0.05, 0.1) is 5.56 Å². The number of halogens is 2. The van der Waals surface area contributed by atoms with E-state index in [9.17, 15) is 13.6 Å². The molecule has 0 aromatic heterocycles. The van der Waals surface area contributed by atoms with Crippen molar-refractivity contribution in [3.63, 3.8) is 0 Å². The largest absolute Gasteiger partial charge is 0.345 e. The average Bonchev–Trinajstić information content (AvgIpc) is 2.38. The highest BCUT2D eigenvalue weighted by atomic mass is 32.2. The zero-order valence-electron chi connectivity index (χ0n) is 11.1. The molecule has 104 valence electrons. The van der Waals surface area contributed by atoms with Gasteiger partial charge in [-0.15, -0.1) is 0 Å². The van der Waals surface area contributed by atoms with Crippen LogP contribution in [0.15, 0.2) is 52.3 Å². The molecule has 0 fully saturated rings. The zero-order valence-corrected chi connectivity index (χ0v) is 11.9. The summed E-state index contributed by atoms with van der Waals surface area (Å²) in [7, 11) is 3.25. The second kappa shape index (κ2) is 6.05. The van der Waals surface area contributed by atoms with Crippen molar-refractivity contribution in [1.82, 2.24) is 4.90 Å². The van der Waals surface area contributed by atoms with Crippen LogP contribution in [0, 0.1) is 11.6 Å². The zero-order chi connectivity index (χ0) is 14.7. The number of hydrogen-bond donors (Lipinski definition) is 0. The van der Waals surface area contributed by atoms with Crippen molar-refractivity contribution in [3.05, 3.63) is 59.7 Å². The van der Waals surface area contributed by atoms with Gasteiger partial charge in [0.2, 0.25) is 0 Å². The van der Waals surface area contributed by atoms with Gasteiger partial charge in [-0.3, -0.25) is 4.79 Å². The lowest BCUT2D eigenvalue weighted by atomic mass is 10.2. The van der Waals surface area contributed by atoms with Crippen LogP contribution in [0.1, 0.15) is 10.4 Å². The third-order valence-corrected chi connectivity index (χ3v) is 3.65. The summed E-state index contributed by atoms with van der Waals surface area (Å²) in [5.74, 6) is -1.02. The molecule has 2 rings (SSSR count). The van der Waals surface area contributed by atoms with E-state index in [1.54, 1.807) is 26.2 Å². The summed E-state index contributed by atoms with van der Waals surface area (Å²) >= 11 is 1.16. The third kappa shape index (κ3) is 3.36. The number of carbonyl (C=O) groups excluding carboxylic acids is 1. The maximum Gasteiger partial charge on any atom is 0.254 e. The van der Waals surface area contributed by atoms with Gasteiger partial charge in [0.15, 0.2) is 0 Å². The van der Waals surface area contributed by atoms with Gasteiger partial charge >= 0.3 is 0 Å². The Hall–Kier alpha value is -1.88. The van der Waals surface area contributed by atoms with E-state index in [1.165, 1.54) is 35.2 Å². The molecule has 0 spiro atoms. The molecular weight excluding hydrogens is 280 g/mol. The Kier molecular flexibility index (Phi) is 4.39. The first kappa shape index (κ1) is 14.5. The molecule has 0 aliphatic heterocycles. The van der Waals surface area contributed by atoms with E-state index in [0.717, 1.165) is 11.8 Å². The fourth-order valence-corrected chi connectivity index (χ4v) is 2.66. The highest BCUT2D eigenvalue weighted by Crippen LogP contribution is 2.31. The van der Waals surface area contributed by atoms with Gasteiger partial charge in [0.25, 0.3) is 5.91 Å². The number of benzene rings is 2. The number of rotatable bonds is 3. The van der Waals surface area contributed by atoms with E-state index in [0.29, 0.717) is 15.4 Å². The summed E-state index contributed by atoms with van der Waals surface area (Å²) in [6.45, 7) is 0. The first-order valence-electron chi connectivity index (χ1n) is 5.92. The Morgan fingerprint density at radius 1 is 1.05 bits per heavy atom. The predicted octanol–water partition coefficient (Wildman–Crippen LogP) is 3.82. The molecule has 0 heterocycles. The van der Waals surface area contributed by atoms with Crippen molar-refractivity contribution in [3.8, 4) is 0 Å². The molecule has 0 aliphatic carbocycles. The molecule has 5 heteroatoms. The molecule has 0 radical (unpaired) electrons. The second-order valence-corrected chi connectivity index (χ2v) is 5.51. The van der Waals surface area contributed by atoms with Gasteiger partial charge < -0.3 is 4.90 Å². The highest BCUT2D eigenvalue weighted by Gasteiger charge is 2.15. The molecule has 2 nitrogen and oxygen atoms in total. The number of nitrogens with zero attached hydrogens (tertiary/aromatic N) is 1. The van der Waals surface area contributed by atoms with Crippen LogP contribution >= 0.6 is 11.8 Å². The van der Waals surface area contributed by atoms with E-state index < -0.39 is 5.82 Å². The van der Waals surface area contributed by atoms with Crippen molar-refractivity contribution in [2.45, 2.75) is 9.79 Å². The van der Waals surface area contributed by atoms with Crippen LogP contribution in [0.4, 0.5) is 8.78 Å². The van der Waals surface area contributed by atoms with Gasteiger partial charge in [0.1, 0.15) is 11.6 Å². The Morgan fingerprint density at radius 3 is 2.40 bits per heavy atom. The van der Waals surface area contributed by atoms with Crippen LogP contribution in [0.25, 0.3) is 0 Å². The standard InChI is InChI=1S/C15H13F2NOS/c1-18(2)15(19)13-7-6-11(17)9-14(13)20-12-5-3-4-10(16)8-12/h3-9H,1-2H3. The van der Waals surface area contributed by atoms with Crippen LogP contribution in [-0.4, -0.2) is 24.9 Å². The molecule has 0 unspecified atom stereocenters. The molecule has 0 saturated carbocycles. The first-order chi connectivity index (χ1) is 9.47. The SMILES string of the molecule is CN(C)C(=O)c1ccc(F)cc1Sc1cccc(F)c1. The van der Waals surface area contributed by atoms with E-state index >= 15 is 0 Å². The van der Waals surface area contributed by atoms with Gasteiger partial charge in [-0.2, -0.15) is 0 Å². The van der Waals surface area contributed by atoms with Gasteiger partial charge in [-0.05, 0) is 36.4 Å². The molecule has 2 aromatic carbocycles. The minimum Gasteiger partial charge on any atom is -0.345 e. The van der Waals surface area contributed by atoms with E-state index in [2.05, 4.69) is 0 Å².